The number of carbonyl (C=O) groups is 2. The summed E-state index contributed by atoms with van der Waals surface area (Å²) in [4.78, 5) is 26.2. The molecule has 8 heteroatoms. The van der Waals surface area contributed by atoms with Crippen molar-refractivity contribution in [1.82, 2.24) is 0 Å². The second kappa shape index (κ2) is 10.6. The highest BCUT2D eigenvalue weighted by atomic mass is 32.2. The van der Waals surface area contributed by atoms with E-state index < -0.39 is 27.8 Å². The maximum absolute atomic E-state index is 13.4. The lowest BCUT2D eigenvalue weighted by atomic mass is 9.86. The third-order valence-electron chi connectivity index (χ3n) is 5.82. The first kappa shape index (κ1) is 27.1. The van der Waals surface area contributed by atoms with E-state index in [4.69, 9.17) is 0 Å². The summed E-state index contributed by atoms with van der Waals surface area (Å²) in [5.74, 6) is -1.27. The molecule has 0 heterocycles. The normalized spacial score (nSPS) is 12.6. The number of carbonyl (C=O) groups excluding carboxylic acids is 2. The number of benzene rings is 3. The molecular weight excluding hydrogens is 479 g/mol. The Hall–Kier alpha value is -3.52. The second-order valence-corrected chi connectivity index (χ2v) is 11.5. The fraction of sp³-hybridized carbons (Fsp3) is 0.286. The molecule has 1 N–H and O–H groups in total. The lowest BCUT2D eigenvalue weighted by molar-refractivity contribution is -0.117. The van der Waals surface area contributed by atoms with Crippen molar-refractivity contribution >= 4 is 33.1 Å². The van der Waals surface area contributed by atoms with Crippen LogP contribution in [0.5, 0.6) is 0 Å². The third-order valence-corrected chi connectivity index (χ3v) is 7.00. The molecule has 0 aliphatic heterocycles. The van der Waals surface area contributed by atoms with Crippen LogP contribution < -0.4 is 9.62 Å². The number of amides is 1. The molecule has 1 amide bonds. The molecule has 1 atom stereocenters. The van der Waals surface area contributed by atoms with Crippen LogP contribution in [-0.2, 0) is 20.2 Å². The number of halogens is 1. The van der Waals surface area contributed by atoms with Crippen LogP contribution in [0, 0.1) is 5.82 Å². The van der Waals surface area contributed by atoms with E-state index in [-0.39, 0.29) is 23.3 Å². The number of rotatable bonds is 8. The van der Waals surface area contributed by atoms with Gasteiger partial charge in [0.2, 0.25) is 15.9 Å². The van der Waals surface area contributed by atoms with Crippen molar-refractivity contribution in [3.63, 3.8) is 0 Å². The highest BCUT2D eigenvalue weighted by molar-refractivity contribution is 7.92. The zero-order chi connectivity index (χ0) is 26.7. The summed E-state index contributed by atoms with van der Waals surface area (Å²) >= 11 is 0. The van der Waals surface area contributed by atoms with Crippen LogP contribution in [0.3, 0.4) is 0 Å². The zero-order valence-electron chi connectivity index (χ0n) is 21.1. The second-order valence-electron chi connectivity index (χ2n) is 9.69. The van der Waals surface area contributed by atoms with Gasteiger partial charge in [0, 0.05) is 16.8 Å². The first-order chi connectivity index (χ1) is 16.8. The first-order valence-corrected chi connectivity index (χ1v) is 13.5. The van der Waals surface area contributed by atoms with Crippen molar-refractivity contribution in [3.8, 4) is 0 Å². The zero-order valence-corrected chi connectivity index (χ0v) is 21.9. The van der Waals surface area contributed by atoms with E-state index in [0.29, 0.717) is 16.8 Å². The van der Waals surface area contributed by atoms with E-state index in [1.807, 2.05) is 12.1 Å². The predicted octanol–water partition coefficient (Wildman–Crippen LogP) is 5.54. The maximum Gasteiger partial charge on any atom is 0.248 e. The van der Waals surface area contributed by atoms with Gasteiger partial charge in [0.25, 0.3) is 0 Å². The van der Waals surface area contributed by atoms with Crippen LogP contribution in [0.2, 0.25) is 0 Å². The molecule has 0 unspecified atom stereocenters. The Bertz CT molecular complexity index is 1350. The van der Waals surface area contributed by atoms with E-state index in [0.717, 1.165) is 28.3 Å². The molecule has 0 bridgehead atoms. The fourth-order valence-electron chi connectivity index (χ4n) is 3.90. The molecule has 0 aliphatic carbocycles. The van der Waals surface area contributed by atoms with Crippen LogP contribution in [0.4, 0.5) is 15.8 Å². The first-order valence-electron chi connectivity index (χ1n) is 11.6. The van der Waals surface area contributed by atoms with Gasteiger partial charge in [-0.15, -0.1) is 0 Å². The summed E-state index contributed by atoms with van der Waals surface area (Å²) in [7, 11) is -3.86. The van der Waals surface area contributed by atoms with Crippen LogP contribution in [-0.4, -0.2) is 32.4 Å². The SMILES string of the molecule is CC[C@H](C(=O)Nc1cccc(C(=O)c2ccc(C(C)(C)C)cc2)c1)N(c1ccc(F)cc1)S(C)(=O)=O. The largest absolute Gasteiger partial charge is 0.324 e. The molecule has 0 fully saturated rings. The van der Waals surface area contributed by atoms with Gasteiger partial charge in [-0.05, 0) is 53.8 Å². The summed E-state index contributed by atoms with van der Waals surface area (Å²) in [6.45, 7) is 7.98. The van der Waals surface area contributed by atoms with Crippen molar-refractivity contribution in [2.75, 3.05) is 15.9 Å². The van der Waals surface area contributed by atoms with Crippen LogP contribution in [0.1, 0.15) is 55.6 Å². The number of hydrogen-bond donors (Lipinski definition) is 1. The van der Waals surface area contributed by atoms with Crippen LogP contribution in [0.15, 0.2) is 72.8 Å². The maximum atomic E-state index is 13.4. The van der Waals surface area contributed by atoms with Crippen LogP contribution in [0.25, 0.3) is 0 Å². The Morgan fingerprint density at radius 3 is 2.08 bits per heavy atom. The minimum absolute atomic E-state index is 0.0324. The molecule has 0 spiro atoms. The average Bonchev–Trinajstić information content (AvgIpc) is 2.81. The minimum Gasteiger partial charge on any atom is -0.324 e. The Labute approximate surface area is 212 Å². The number of sulfonamides is 1. The van der Waals surface area contributed by atoms with E-state index in [2.05, 4.69) is 26.1 Å². The van der Waals surface area contributed by atoms with Crippen molar-refractivity contribution in [2.24, 2.45) is 0 Å². The molecule has 6 nitrogen and oxygen atoms in total. The average molecular weight is 511 g/mol. The quantitative estimate of drug-likeness (QED) is 0.404. The minimum atomic E-state index is -3.86. The van der Waals surface area contributed by atoms with Gasteiger partial charge in [0.1, 0.15) is 11.9 Å². The van der Waals surface area contributed by atoms with Gasteiger partial charge in [-0.3, -0.25) is 13.9 Å². The monoisotopic (exact) mass is 510 g/mol. The van der Waals surface area contributed by atoms with E-state index in [1.165, 1.54) is 12.1 Å². The summed E-state index contributed by atoms with van der Waals surface area (Å²) in [6.07, 6.45) is 1.17. The molecule has 3 rings (SSSR count). The molecule has 3 aromatic carbocycles. The molecule has 36 heavy (non-hydrogen) atoms. The molecule has 3 aromatic rings. The van der Waals surface area contributed by atoms with Crippen molar-refractivity contribution < 1.29 is 22.4 Å². The number of nitrogens with one attached hydrogen (secondary N) is 1. The Morgan fingerprint density at radius 2 is 1.56 bits per heavy atom. The van der Waals surface area contributed by atoms with Gasteiger partial charge in [0.05, 0.1) is 11.9 Å². The fourth-order valence-corrected chi connectivity index (χ4v) is 5.11. The summed E-state index contributed by atoms with van der Waals surface area (Å²) < 4.78 is 39.5. The van der Waals surface area contributed by atoms with Gasteiger partial charge in [-0.25, -0.2) is 12.8 Å². The summed E-state index contributed by atoms with van der Waals surface area (Å²) in [5.41, 5.74) is 2.55. The van der Waals surface area contributed by atoms with Crippen molar-refractivity contribution in [3.05, 3.63) is 95.3 Å². The number of anilines is 2. The molecule has 0 radical (unpaired) electrons. The molecule has 190 valence electrons. The predicted molar refractivity (Wildman–Crippen MR) is 141 cm³/mol. The summed E-state index contributed by atoms with van der Waals surface area (Å²) in [6, 6.07) is 17.8. The van der Waals surface area contributed by atoms with Crippen molar-refractivity contribution in [2.45, 2.75) is 45.6 Å². The number of ketones is 1. The van der Waals surface area contributed by atoms with Gasteiger partial charge in [-0.2, -0.15) is 0 Å². The highest BCUT2D eigenvalue weighted by Gasteiger charge is 2.31. The van der Waals surface area contributed by atoms with Gasteiger partial charge in [-0.1, -0.05) is 64.1 Å². The molecule has 0 aromatic heterocycles. The smallest absolute Gasteiger partial charge is 0.248 e. The Balaban J connectivity index is 1.84. The third kappa shape index (κ3) is 6.37. The molecular formula is C28H31FN2O4S. The lowest BCUT2D eigenvalue weighted by Crippen LogP contribution is -2.47. The topological polar surface area (TPSA) is 83.6 Å². The van der Waals surface area contributed by atoms with Crippen molar-refractivity contribution in [1.29, 1.82) is 0 Å². The molecule has 0 aliphatic rings. The van der Waals surface area contributed by atoms with E-state index >= 15 is 0 Å². The number of hydrogen-bond acceptors (Lipinski definition) is 4. The highest BCUT2D eigenvalue weighted by Crippen LogP contribution is 2.25. The standard InChI is InChI=1S/C28H31FN2O4S/c1-6-25(31(36(5,34)35)24-16-14-22(29)15-17-24)27(33)30-23-9-7-8-20(18-23)26(32)19-10-12-21(13-11-19)28(2,3)4/h7-18,25H,6H2,1-5H3,(H,30,33)/t25-/m1/s1. The Kier molecular flexibility index (Phi) is 7.99. The van der Waals surface area contributed by atoms with E-state index in [1.54, 1.807) is 43.3 Å². The summed E-state index contributed by atoms with van der Waals surface area (Å²) in [5, 5.41) is 2.73. The van der Waals surface area contributed by atoms with E-state index in [9.17, 15) is 22.4 Å². The molecule has 0 saturated heterocycles. The number of nitrogens with zero attached hydrogens (tertiary/aromatic N) is 1. The van der Waals surface area contributed by atoms with Gasteiger partial charge >= 0.3 is 0 Å². The van der Waals surface area contributed by atoms with Gasteiger partial charge in [0.15, 0.2) is 5.78 Å². The molecule has 0 saturated carbocycles. The lowest BCUT2D eigenvalue weighted by Gasteiger charge is -2.30. The van der Waals surface area contributed by atoms with Gasteiger partial charge < -0.3 is 5.32 Å². The Morgan fingerprint density at radius 1 is 0.944 bits per heavy atom. The van der Waals surface area contributed by atoms with Crippen LogP contribution >= 0.6 is 0 Å².